The van der Waals surface area contributed by atoms with Crippen molar-refractivity contribution in [3.63, 3.8) is 0 Å². The molecule has 4 N–H and O–H groups in total. The highest BCUT2D eigenvalue weighted by Gasteiger charge is 2.59. The van der Waals surface area contributed by atoms with Crippen molar-refractivity contribution in [2.24, 2.45) is 5.73 Å². The van der Waals surface area contributed by atoms with Crippen LogP contribution in [0.3, 0.4) is 0 Å². The van der Waals surface area contributed by atoms with Gasteiger partial charge in [0.1, 0.15) is 18.0 Å². The number of phosphoric ester groups is 1. The van der Waals surface area contributed by atoms with Gasteiger partial charge in [-0.3, -0.25) is 22.9 Å². The van der Waals surface area contributed by atoms with Crippen molar-refractivity contribution in [3.8, 4) is 0 Å². The predicted octanol–water partition coefficient (Wildman–Crippen LogP) is 0.712. The number of hydrogen-bond donors (Lipinski definition) is 2. The van der Waals surface area contributed by atoms with Crippen LogP contribution < -0.4 is 17.2 Å². The Balaban J connectivity index is 1.62. The number of fused-ring (bicyclic) bond motifs is 1. The first-order valence-electron chi connectivity index (χ1n) is 9.58. The number of esters is 1. The zero-order chi connectivity index (χ0) is 22.1. The summed E-state index contributed by atoms with van der Waals surface area (Å²) in [5.74, 6) is -0.304. The Labute approximate surface area is 173 Å². The number of carbonyl (C=O) groups excluding carboxylic acids is 1. The third kappa shape index (κ3) is 4.90. The van der Waals surface area contributed by atoms with E-state index >= 15 is 0 Å². The number of rotatable bonds is 7. The van der Waals surface area contributed by atoms with E-state index in [2.05, 4.69) is 4.98 Å². The van der Waals surface area contributed by atoms with Crippen LogP contribution in [0.5, 0.6) is 0 Å². The lowest BCUT2D eigenvalue weighted by Crippen LogP contribution is -2.55. The average Bonchev–Trinajstić information content (AvgIpc) is 2.89. The minimum absolute atomic E-state index is 0.0330. The third-order valence-electron chi connectivity index (χ3n) is 4.67. The van der Waals surface area contributed by atoms with Gasteiger partial charge in [0.2, 0.25) is 0 Å². The highest BCUT2D eigenvalue weighted by atomic mass is 31.2. The molecule has 0 aromatic carbocycles. The number of hydrogen-bond acceptors (Lipinski definition) is 11. The zero-order valence-corrected chi connectivity index (χ0v) is 17.9. The van der Waals surface area contributed by atoms with E-state index in [1.807, 2.05) is 0 Å². The van der Waals surface area contributed by atoms with Gasteiger partial charge in [0.15, 0.2) is 6.23 Å². The number of ether oxygens (including phenoxy) is 2. The van der Waals surface area contributed by atoms with Crippen molar-refractivity contribution in [3.05, 3.63) is 22.7 Å². The predicted molar refractivity (Wildman–Crippen MR) is 104 cm³/mol. The second-order valence-electron chi connectivity index (χ2n) is 7.68. The number of anilines is 1. The molecule has 0 amide bonds. The van der Waals surface area contributed by atoms with E-state index in [-0.39, 0.29) is 43.9 Å². The van der Waals surface area contributed by atoms with Crippen molar-refractivity contribution in [1.29, 1.82) is 0 Å². The van der Waals surface area contributed by atoms with E-state index in [0.29, 0.717) is 0 Å². The maximum Gasteiger partial charge on any atom is 0.475 e. The summed E-state index contributed by atoms with van der Waals surface area (Å²) in [6.45, 7) is 4.99. The van der Waals surface area contributed by atoms with Gasteiger partial charge in [0.25, 0.3) is 0 Å². The fourth-order valence-electron chi connectivity index (χ4n) is 3.32. The summed E-state index contributed by atoms with van der Waals surface area (Å²) in [4.78, 5) is 27.4. The number of nitrogen functional groups attached to an aromatic ring is 1. The van der Waals surface area contributed by atoms with Crippen molar-refractivity contribution in [2.75, 3.05) is 18.9 Å². The SMILES string of the molecule is CC(C)OC(=O)CCCO[P@]1(=O)OC[C@H]2O[C@@H](n3ccc(N)nc3=O)[C@](C)(N)[C@@H]2O1. The Morgan fingerprint density at radius 3 is 2.90 bits per heavy atom. The van der Waals surface area contributed by atoms with Crippen LogP contribution >= 0.6 is 7.82 Å². The lowest BCUT2D eigenvalue weighted by molar-refractivity contribution is -0.147. The van der Waals surface area contributed by atoms with Crippen LogP contribution in [0, 0.1) is 0 Å². The molecule has 0 saturated carbocycles. The summed E-state index contributed by atoms with van der Waals surface area (Å²) < 4.78 is 41.1. The Hall–Kier alpha value is -1.82. The summed E-state index contributed by atoms with van der Waals surface area (Å²) in [6, 6.07) is 1.44. The van der Waals surface area contributed by atoms with Crippen LogP contribution in [0.1, 0.15) is 39.8 Å². The van der Waals surface area contributed by atoms with Crippen LogP contribution in [0.4, 0.5) is 5.82 Å². The van der Waals surface area contributed by atoms with E-state index in [1.165, 1.54) is 16.8 Å². The van der Waals surface area contributed by atoms with Crippen LogP contribution in [-0.2, 0) is 32.4 Å². The van der Waals surface area contributed by atoms with E-state index in [4.69, 9.17) is 34.5 Å². The molecule has 1 aromatic rings. The second kappa shape index (κ2) is 8.74. The molecule has 13 heteroatoms. The van der Waals surface area contributed by atoms with Crippen LogP contribution in [0.2, 0.25) is 0 Å². The molecule has 0 unspecified atom stereocenters. The molecule has 0 spiro atoms. The fraction of sp³-hybridized carbons (Fsp3) is 0.706. The average molecular weight is 446 g/mol. The fourth-order valence-corrected chi connectivity index (χ4v) is 4.84. The number of aromatic nitrogens is 2. The van der Waals surface area contributed by atoms with Gasteiger partial charge >= 0.3 is 19.5 Å². The molecule has 2 aliphatic rings. The van der Waals surface area contributed by atoms with Gasteiger partial charge in [-0.2, -0.15) is 4.98 Å². The van der Waals surface area contributed by atoms with Gasteiger partial charge in [0, 0.05) is 12.6 Å². The number of phosphoric acid groups is 1. The molecule has 168 valence electrons. The molecule has 0 aliphatic carbocycles. The number of nitrogens with two attached hydrogens (primary N) is 2. The maximum absolute atomic E-state index is 12.8. The summed E-state index contributed by atoms with van der Waals surface area (Å²) in [6.07, 6.45) is -0.864. The summed E-state index contributed by atoms with van der Waals surface area (Å²) in [7, 11) is -3.92. The van der Waals surface area contributed by atoms with Crippen LogP contribution in [0.25, 0.3) is 0 Å². The molecule has 2 fully saturated rings. The first-order chi connectivity index (χ1) is 14.0. The van der Waals surface area contributed by atoms with E-state index in [0.717, 1.165) is 0 Å². The first kappa shape index (κ1) is 22.9. The van der Waals surface area contributed by atoms with Gasteiger partial charge in [0.05, 0.1) is 24.9 Å². The van der Waals surface area contributed by atoms with Crippen LogP contribution in [0.15, 0.2) is 17.1 Å². The van der Waals surface area contributed by atoms with Crippen LogP contribution in [-0.4, -0.2) is 52.6 Å². The molecule has 3 rings (SSSR count). The summed E-state index contributed by atoms with van der Waals surface area (Å²) in [5, 5.41) is 0. The zero-order valence-electron chi connectivity index (χ0n) is 17.1. The summed E-state index contributed by atoms with van der Waals surface area (Å²) in [5.41, 5.74) is 10.1. The van der Waals surface area contributed by atoms with E-state index in [1.54, 1.807) is 20.8 Å². The molecule has 3 heterocycles. The number of nitrogens with zero attached hydrogens (tertiary/aromatic N) is 2. The molecule has 2 aliphatic heterocycles. The highest BCUT2D eigenvalue weighted by Crippen LogP contribution is 2.58. The molecular formula is C17H27N4O8P. The Kier molecular flexibility index (Phi) is 6.66. The Morgan fingerprint density at radius 1 is 1.50 bits per heavy atom. The molecule has 2 saturated heterocycles. The first-order valence-corrected chi connectivity index (χ1v) is 11.0. The topological polar surface area (TPSA) is 167 Å². The minimum Gasteiger partial charge on any atom is -0.463 e. The standard InChI is InChI=1S/C17H27N4O8P/c1-10(2)27-13(22)5-4-8-25-30(24)26-9-11-14(29-30)17(3,19)15(28-11)21-7-6-12(18)20-16(21)23/h6-7,10-11,14-15H,4-5,8-9,19H2,1-3H3,(H2,18,20,23)/t11-,14-,15-,17-,30-/m1/s1. The number of carbonyl (C=O) groups is 1. The molecule has 0 bridgehead atoms. The van der Waals surface area contributed by atoms with Gasteiger partial charge in [-0.25, -0.2) is 9.36 Å². The van der Waals surface area contributed by atoms with Crippen molar-refractivity contribution >= 4 is 19.6 Å². The molecule has 1 aromatic heterocycles. The highest BCUT2D eigenvalue weighted by molar-refractivity contribution is 7.48. The lowest BCUT2D eigenvalue weighted by atomic mass is 9.93. The van der Waals surface area contributed by atoms with Gasteiger partial charge in [-0.15, -0.1) is 0 Å². The Morgan fingerprint density at radius 2 is 2.23 bits per heavy atom. The van der Waals surface area contributed by atoms with Gasteiger partial charge < -0.3 is 20.9 Å². The quantitative estimate of drug-likeness (QED) is 0.344. The third-order valence-corrected chi connectivity index (χ3v) is 6.12. The largest absolute Gasteiger partial charge is 0.475 e. The molecule has 30 heavy (non-hydrogen) atoms. The monoisotopic (exact) mass is 446 g/mol. The molecule has 0 radical (unpaired) electrons. The lowest BCUT2D eigenvalue weighted by Gasteiger charge is -2.35. The van der Waals surface area contributed by atoms with E-state index in [9.17, 15) is 14.2 Å². The normalized spacial score (nSPS) is 33.4. The molecular weight excluding hydrogens is 419 g/mol. The second-order valence-corrected chi connectivity index (χ2v) is 9.30. The smallest absolute Gasteiger partial charge is 0.463 e. The Bertz CT molecular complexity index is 889. The maximum atomic E-state index is 12.8. The van der Waals surface area contributed by atoms with Crippen molar-refractivity contribution < 1.29 is 32.4 Å². The minimum atomic E-state index is -3.92. The van der Waals surface area contributed by atoms with Gasteiger partial charge in [-0.05, 0) is 33.3 Å². The molecule has 12 nitrogen and oxygen atoms in total. The summed E-state index contributed by atoms with van der Waals surface area (Å²) >= 11 is 0. The van der Waals surface area contributed by atoms with Crippen molar-refractivity contribution in [2.45, 2.75) is 63.7 Å². The van der Waals surface area contributed by atoms with Crippen molar-refractivity contribution in [1.82, 2.24) is 9.55 Å². The van der Waals surface area contributed by atoms with Gasteiger partial charge in [-0.1, -0.05) is 0 Å². The molecule has 5 atom stereocenters. The van der Waals surface area contributed by atoms with E-state index < -0.39 is 37.5 Å².